The van der Waals surface area contributed by atoms with Crippen molar-refractivity contribution < 1.29 is 23.9 Å². The number of amides is 4. The quantitative estimate of drug-likeness (QED) is 0.668. The Bertz CT molecular complexity index is 950. The number of fused-ring (bicyclic) bond motifs is 1. The van der Waals surface area contributed by atoms with Crippen molar-refractivity contribution in [1.29, 1.82) is 0 Å². The molecule has 1 aromatic rings. The highest BCUT2D eigenvalue weighted by Crippen LogP contribution is 2.35. The first-order chi connectivity index (χ1) is 15.5. The molecule has 170 valence electrons. The summed E-state index contributed by atoms with van der Waals surface area (Å²) in [5, 5.41) is 5.59. The van der Waals surface area contributed by atoms with Gasteiger partial charge in [-0.1, -0.05) is 6.07 Å². The van der Waals surface area contributed by atoms with Crippen LogP contribution in [0.1, 0.15) is 59.2 Å². The third kappa shape index (κ3) is 3.80. The molecule has 0 bridgehead atoms. The van der Waals surface area contributed by atoms with Gasteiger partial charge >= 0.3 is 0 Å². The van der Waals surface area contributed by atoms with Gasteiger partial charge in [-0.15, -0.1) is 0 Å². The fourth-order valence-electron chi connectivity index (χ4n) is 5.20. The molecule has 0 radical (unpaired) electrons. The highest BCUT2D eigenvalue weighted by molar-refractivity contribution is 6.25. The summed E-state index contributed by atoms with van der Waals surface area (Å²) in [5.41, 5.74) is 1.42. The number of hydrogen-bond acceptors (Lipinski definition) is 7. The second kappa shape index (κ2) is 8.63. The third-order valence-electron chi connectivity index (χ3n) is 6.90. The maximum atomic E-state index is 13.3. The minimum absolute atomic E-state index is 0.112. The van der Waals surface area contributed by atoms with Crippen molar-refractivity contribution in [3.63, 3.8) is 0 Å². The van der Waals surface area contributed by atoms with Crippen molar-refractivity contribution in [2.24, 2.45) is 0 Å². The SMILES string of the molecule is O=C1CCC(N2C(=O)c3cccc(N4CCC(OC5CCNCC5)CC4)c3C2=O)C(=O)N1. The zero-order valence-corrected chi connectivity index (χ0v) is 18.0. The minimum atomic E-state index is -0.947. The molecule has 4 amide bonds. The lowest BCUT2D eigenvalue weighted by Crippen LogP contribution is -2.54. The van der Waals surface area contributed by atoms with E-state index in [1.165, 1.54) is 0 Å². The smallest absolute Gasteiger partial charge is 0.264 e. The van der Waals surface area contributed by atoms with Crippen molar-refractivity contribution in [3.05, 3.63) is 29.3 Å². The maximum Gasteiger partial charge on any atom is 0.264 e. The molecule has 1 atom stereocenters. The predicted molar refractivity (Wildman–Crippen MR) is 115 cm³/mol. The van der Waals surface area contributed by atoms with Gasteiger partial charge in [0, 0.05) is 19.5 Å². The largest absolute Gasteiger partial charge is 0.375 e. The number of ether oxygens (including phenoxy) is 1. The first kappa shape index (κ1) is 21.1. The number of benzene rings is 1. The second-order valence-electron chi connectivity index (χ2n) is 8.92. The first-order valence-corrected chi connectivity index (χ1v) is 11.5. The molecule has 4 heterocycles. The number of nitrogens with one attached hydrogen (secondary N) is 2. The molecular weight excluding hydrogens is 412 g/mol. The average Bonchev–Trinajstić information content (AvgIpc) is 3.06. The molecule has 3 fully saturated rings. The van der Waals surface area contributed by atoms with Crippen molar-refractivity contribution >= 4 is 29.3 Å². The van der Waals surface area contributed by atoms with Crippen LogP contribution in [0, 0.1) is 0 Å². The average molecular weight is 441 g/mol. The Morgan fingerprint density at radius 1 is 0.875 bits per heavy atom. The molecule has 32 heavy (non-hydrogen) atoms. The Kier molecular flexibility index (Phi) is 5.69. The molecule has 0 aromatic heterocycles. The van der Waals surface area contributed by atoms with Gasteiger partial charge in [-0.05, 0) is 57.3 Å². The van der Waals surface area contributed by atoms with Gasteiger partial charge in [0.05, 0.1) is 29.0 Å². The van der Waals surface area contributed by atoms with Crippen LogP contribution in [-0.2, 0) is 14.3 Å². The van der Waals surface area contributed by atoms with Crippen molar-refractivity contribution in [1.82, 2.24) is 15.5 Å². The number of carbonyl (C=O) groups is 4. The molecule has 0 saturated carbocycles. The van der Waals surface area contributed by atoms with E-state index in [1.807, 2.05) is 6.07 Å². The van der Waals surface area contributed by atoms with E-state index < -0.39 is 23.8 Å². The van der Waals surface area contributed by atoms with Crippen LogP contribution >= 0.6 is 0 Å². The highest BCUT2D eigenvalue weighted by Gasteiger charge is 2.46. The van der Waals surface area contributed by atoms with Crippen LogP contribution in [0.25, 0.3) is 0 Å². The van der Waals surface area contributed by atoms with E-state index >= 15 is 0 Å². The van der Waals surface area contributed by atoms with Crippen LogP contribution in [0.15, 0.2) is 18.2 Å². The maximum absolute atomic E-state index is 13.3. The van der Waals surface area contributed by atoms with Gasteiger partial charge in [0.1, 0.15) is 6.04 Å². The van der Waals surface area contributed by atoms with Crippen molar-refractivity contribution in [2.45, 2.75) is 56.8 Å². The summed E-state index contributed by atoms with van der Waals surface area (Å²) >= 11 is 0. The lowest BCUT2D eigenvalue weighted by Gasteiger charge is -2.36. The van der Waals surface area contributed by atoms with E-state index in [9.17, 15) is 19.2 Å². The summed E-state index contributed by atoms with van der Waals surface area (Å²) in [4.78, 5) is 53.3. The Balaban J connectivity index is 1.30. The Morgan fingerprint density at radius 2 is 1.59 bits per heavy atom. The Labute approximate surface area is 186 Å². The topological polar surface area (TPSA) is 108 Å². The predicted octanol–water partition coefficient (Wildman–Crippen LogP) is 0.825. The van der Waals surface area contributed by atoms with Crippen LogP contribution in [0.4, 0.5) is 5.69 Å². The highest BCUT2D eigenvalue weighted by atomic mass is 16.5. The molecule has 0 spiro atoms. The summed E-state index contributed by atoms with van der Waals surface area (Å²) in [6.07, 6.45) is 4.61. The van der Waals surface area contributed by atoms with E-state index in [2.05, 4.69) is 15.5 Å². The number of nitrogens with zero attached hydrogens (tertiary/aromatic N) is 2. The molecule has 5 rings (SSSR count). The lowest BCUT2D eigenvalue weighted by atomic mass is 10.0. The number of imide groups is 2. The van der Waals surface area contributed by atoms with E-state index in [1.54, 1.807) is 12.1 Å². The van der Waals surface area contributed by atoms with Gasteiger partial charge in [-0.25, -0.2) is 0 Å². The van der Waals surface area contributed by atoms with E-state index in [0.717, 1.165) is 62.4 Å². The van der Waals surface area contributed by atoms with Crippen molar-refractivity contribution in [2.75, 3.05) is 31.1 Å². The summed E-state index contributed by atoms with van der Waals surface area (Å²) in [6, 6.07) is 4.34. The standard InChI is InChI=1S/C23H28N4O5/c28-19-5-4-18(21(29)25-19)27-22(30)16-2-1-3-17(20(16)23(27)31)26-12-8-15(9-13-26)32-14-6-10-24-11-7-14/h1-3,14-15,18,24H,4-13H2,(H,25,28,29). The molecule has 9 heteroatoms. The molecule has 3 saturated heterocycles. The number of rotatable bonds is 4. The zero-order valence-electron chi connectivity index (χ0n) is 18.0. The third-order valence-corrected chi connectivity index (χ3v) is 6.90. The number of carbonyl (C=O) groups excluding carboxylic acids is 4. The number of hydrogen-bond donors (Lipinski definition) is 2. The molecule has 4 aliphatic rings. The van der Waals surface area contributed by atoms with Crippen molar-refractivity contribution in [3.8, 4) is 0 Å². The monoisotopic (exact) mass is 440 g/mol. The second-order valence-corrected chi connectivity index (χ2v) is 8.92. The van der Waals surface area contributed by atoms with Gasteiger partial charge in [-0.3, -0.25) is 29.4 Å². The Morgan fingerprint density at radius 3 is 2.31 bits per heavy atom. The van der Waals surface area contributed by atoms with Gasteiger partial charge in [0.25, 0.3) is 11.8 Å². The Hall–Kier alpha value is -2.78. The normalized spacial score (nSPS) is 25.3. The summed E-state index contributed by atoms with van der Waals surface area (Å²) < 4.78 is 6.30. The van der Waals surface area contributed by atoms with Crippen LogP contribution < -0.4 is 15.5 Å². The van der Waals surface area contributed by atoms with E-state index in [-0.39, 0.29) is 24.9 Å². The summed E-state index contributed by atoms with van der Waals surface area (Å²) in [7, 11) is 0. The van der Waals surface area contributed by atoms with E-state index in [0.29, 0.717) is 17.2 Å². The molecule has 1 unspecified atom stereocenters. The fourth-order valence-corrected chi connectivity index (χ4v) is 5.20. The van der Waals surface area contributed by atoms with Crippen LogP contribution in [-0.4, -0.2) is 73.0 Å². The van der Waals surface area contributed by atoms with E-state index in [4.69, 9.17) is 4.74 Å². The first-order valence-electron chi connectivity index (χ1n) is 11.5. The van der Waals surface area contributed by atoms with Crippen LogP contribution in [0.2, 0.25) is 0 Å². The molecular formula is C23H28N4O5. The lowest BCUT2D eigenvalue weighted by molar-refractivity contribution is -0.136. The van der Waals surface area contributed by atoms with Gasteiger partial charge in [0.15, 0.2) is 0 Å². The van der Waals surface area contributed by atoms with Crippen LogP contribution in [0.3, 0.4) is 0 Å². The number of anilines is 1. The van der Waals surface area contributed by atoms with Gasteiger partial charge in [-0.2, -0.15) is 0 Å². The summed E-state index contributed by atoms with van der Waals surface area (Å²) in [5.74, 6) is -1.89. The van der Waals surface area contributed by atoms with Crippen LogP contribution in [0.5, 0.6) is 0 Å². The fraction of sp³-hybridized carbons (Fsp3) is 0.565. The van der Waals surface area contributed by atoms with Gasteiger partial charge in [0.2, 0.25) is 11.8 Å². The molecule has 0 aliphatic carbocycles. The molecule has 4 aliphatic heterocycles. The summed E-state index contributed by atoms with van der Waals surface area (Å²) in [6.45, 7) is 3.48. The van der Waals surface area contributed by atoms with Gasteiger partial charge < -0.3 is 15.0 Å². The zero-order chi connectivity index (χ0) is 22.2. The molecule has 1 aromatic carbocycles. The molecule has 9 nitrogen and oxygen atoms in total. The number of piperidine rings is 3. The minimum Gasteiger partial charge on any atom is -0.375 e. The molecule has 2 N–H and O–H groups in total.